The molecule has 0 aliphatic rings. The van der Waals surface area contributed by atoms with E-state index in [4.69, 9.17) is 10.8 Å². The molecule has 0 saturated carbocycles. The molecule has 1 heterocycles. The number of aliphatic hydroxyl groups excluding tert-OH is 1. The first-order chi connectivity index (χ1) is 9.27. The lowest BCUT2D eigenvalue weighted by molar-refractivity contribution is -0.174. The molecule has 21 heavy (non-hydrogen) atoms. The van der Waals surface area contributed by atoms with E-state index in [9.17, 15) is 18.7 Å². The van der Waals surface area contributed by atoms with Gasteiger partial charge in [-0.25, -0.2) is 4.79 Å². The number of esters is 1. The van der Waals surface area contributed by atoms with Gasteiger partial charge in [0.05, 0.1) is 18.9 Å². The molecule has 0 bridgehead atoms. The van der Waals surface area contributed by atoms with Crippen LogP contribution in [0, 0.1) is 6.92 Å². The van der Waals surface area contributed by atoms with E-state index in [0.717, 1.165) is 6.20 Å². The van der Waals surface area contributed by atoms with Crippen molar-refractivity contribution >= 4 is 18.4 Å². The van der Waals surface area contributed by atoms with Gasteiger partial charge < -0.3 is 20.7 Å². The summed E-state index contributed by atoms with van der Waals surface area (Å²) in [7, 11) is 0. The van der Waals surface area contributed by atoms with Crippen LogP contribution >= 0.6 is 12.4 Å². The van der Waals surface area contributed by atoms with Gasteiger partial charge in [0.2, 0.25) is 0 Å². The van der Waals surface area contributed by atoms with Crippen LogP contribution in [-0.4, -0.2) is 33.7 Å². The number of nitrogens with two attached hydrogens (primary N) is 1. The third-order valence-corrected chi connectivity index (χ3v) is 2.78. The smallest absolute Gasteiger partial charge is 0.379 e. The Hall–Kier alpha value is -1.51. The van der Waals surface area contributed by atoms with Gasteiger partial charge in [0.25, 0.3) is 0 Å². The number of nitrogens with zero attached hydrogens (tertiary/aromatic N) is 1. The van der Waals surface area contributed by atoms with Gasteiger partial charge in [-0.15, -0.1) is 12.4 Å². The number of hydrogen-bond donors (Lipinski definition) is 3. The van der Waals surface area contributed by atoms with Gasteiger partial charge in [-0.1, -0.05) is 0 Å². The van der Waals surface area contributed by atoms with E-state index in [2.05, 4.69) is 9.72 Å². The van der Waals surface area contributed by atoms with Crippen molar-refractivity contribution in [2.45, 2.75) is 32.4 Å². The highest BCUT2D eigenvalue weighted by atomic mass is 35.5. The van der Waals surface area contributed by atoms with E-state index in [0.29, 0.717) is 0 Å². The minimum absolute atomic E-state index is 0. The molecule has 0 aliphatic carbocycles. The number of alkyl halides is 2. The zero-order valence-corrected chi connectivity index (χ0v) is 12.3. The average molecular weight is 327 g/mol. The summed E-state index contributed by atoms with van der Waals surface area (Å²) in [5.74, 6) is -6.40. The number of hydrogen-bond acceptors (Lipinski definition) is 6. The van der Waals surface area contributed by atoms with Crippen molar-refractivity contribution in [3.05, 3.63) is 23.0 Å². The molecule has 6 nitrogen and oxygen atoms in total. The molecule has 1 aromatic rings. The van der Waals surface area contributed by atoms with Gasteiger partial charge in [-0.3, -0.25) is 4.98 Å². The van der Waals surface area contributed by atoms with Crippen molar-refractivity contribution in [2.75, 3.05) is 6.61 Å². The highest BCUT2D eigenvalue weighted by Gasteiger charge is 2.49. The monoisotopic (exact) mass is 326 g/mol. The Morgan fingerprint density at radius 3 is 2.62 bits per heavy atom. The number of aromatic nitrogens is 1. The second-order valence-electron chi connectivity index (χ2n) is 4.11. The molecular formula is C12H17ClF2N2O4. The maximum atomic E-state index is 13.9. The Bertz CT molecular complexity index is 514. The Balaban J connectivity index is 0.00000400. The highest BCUT2D eigenvalue weighted by molar-refractivity contribution is 5.85. The Kier molecular flexibility index (Phi) is 6.95. The maximum absolute atomic E-state index is 13.9. The summed E-state index contributed by atoms with van der Waals surface area (Å²) in [6.07, 6.45) is 1.12. The SMILES string of the molecule is CCOC(=O)C(F)(F)[C@@H](N)c1c(CO)cnc(C)c1O.Cl. The van der Waals surface area contributed by atoms with Crippen LogP contribution in [0.1, 0.15) is 29.8 Å². The van der Waals surface area contributed by atoms with Crippen LogP contribution in [0.3, 0.4) is 0 Å². The van der Waals surface area contributed by atoms with Crippen LogP contribution in [0.25, 0.3) is 0 Å². The molecule has 0 aromatic carbocycles. The molecule has 4 N–H and O–H groups in total. The third kappa shape index (κ3) is 3.78. The lowest BCUT2D eigenvalue weighted by Gasteiger charge is -2.24. The molecule has 1 aromatic heterocycles. The Morgan fingerprint density at radius 1 is 1.57 bits per heavy atom. The highest BCUT2D eigenvalue weighted by Crippen LogP contribution is 2.37. The van der Waals surface area contributed by atoms with E-state index in [1.54, 1.807) is 0 Å². The quantitative estimate of drug-likeness (QED) is 0.702. The van der Waals surface area contributed by atoms with Crippen LogP contribution < -0.4 is 5.73 Å². The molecule has 0 amide bonds. The number of aryl methyl sites for hydroxylation is 1. The summed E-state index contributed by atoms with van der Waals surface area (Å²) in [5, 5.41) is 18.9. The van der Waals surface area contributed by atoms with Gasteiger partial charge in [-0.2, -0.15) is 8.78 Å². The molecule has 0 fully saturated rings. The summed E-state index contributed by atoms with van der Waals surface area (Å²) in [6.45, 7) is 1.89. The van der Waals surface area contributed by atoms with Crippen molar-refractivity contribution in [1.29, 1.82) is 0 Å². The molecule has 1 atom stereocenters. The second-order valence-corrected chi connectivity index (χ2v) is 4.11. The zero-order valence-electron chi connectivity index (χ0n) is 11.5. The van der Waals surface area contributed by atoms with Crippen LogP contribution in [0.2, 0.25) is 0 Å². The van der Waals surface area contributed by atoms with E-state index in [1.165, 1.54) is 13.8 Å². The number of aromatic hydroxyl groups is 1. The fraction of sp³-hybridized carbons (Fsp3) is 0.500. The fourth-order valence-corrected chi connectivity index (χ4v) is 1.66. The van der Waals surface area contributed by atoms with Crippen molar-refractivity contribution in [3.63, 3.8) is 0 Å². The minimum atomic E-state index is -4.04. The Morgan fingerprint density at radius 2 is 2.14 bits per heavy atom. The fourth-order valence-electron chi connectivity index (χ4n) is 1.66. The maximum Gasteiger partial charge on any atom is 0.379 e. The molecule has 0 aliphatic heterocycles. The zero-order chi connectivity index (χ0) is 15.5. The van der Waals surface area contributed by atoms with Gasteiger partial charge in [0.1, 0.15) is 11.8 Å². The number of pyridine rings is 1. The van der Waals surface area contributed by atoms with Gasteiger partial charge in [0.15, 0.2) is 0 Å². The normalized spacial score (nSPS) is 12.5. The van der Waals surface area contributed by atoms with Crippen molar-refractivity contribution in [2.24, 2.45) is 5.73 Å². The predicted molar refractivity (Wildman–Crippen MR) is 72.3 cm³/mol. The van der Waals surface area contributed by atoms with Crippen LogP contribution in [0.4, 0.5) is 8.78 Å². The number of carbonyl (C=O) groups excluding carboxylic acids is 1. The van der Waals surface area contributed by atoms with Crippen molar-refractivity contribution in [3.8, 4) is 5.75 Å². The molecule has 9 heteroatoms. The molecule has 0 radical (unpaired) electrons. The van der Waals surface area contributed by atoms with Gasteiger partial charge >= 0.3 is 11.9 Å². The summed E-state index contributed by atoms with van der Waals surface area (Å²) in [4.78, 5) is 15.0. The lowest BCUT2D eigenvalue weighted by Crippen LogP contribution is -2.42. The summed E-state index contributed by atoms with van der Waals surface area (Å²) in [5.41, 5.74) is 4.97. The van der Waals surface area contributed by atoms with E-state index < -0.39 is 35.9 Å². The molecule has 0 spiro atoms. The van der Waals surface area contributed by atoms with Gasteiger partial charge in [-0.05, 0) is 13.8 Å². The summed E-state index contributed by atoms with van der Waals surface area (Å²) >= 11 is 0. The molecule has 0 saturated heterocycles. The summed E-state index contributed by atoms with van der Waals surface area (Å²) < 4.78 is 32.1. The Labute approximate surface area is 126 Å². The molecular weight excluding hydrogens is 310 g/mol. The third-order valence-electron chi connectivity index (χ3n) is 2.78. The van der Waals surface area contributed by atoms with Crippen molar-refractivity contribution < 1.29 is 28.5 Å². The number of carbonyl (C=O) groups is 1. The first kappa shape index (κ1) is 19.5. The largest absolute Gasteiger partial charge is 0.506 e. The van der Waals surface area contributed by atoms with E-state index in [1.807, 2.05) is 0 Å². The number of halogens is 3. The standard InChI is InChI=1S/C12H16F2N2O4.ClH/c1-3-20-11(19)12(13,14)10(15)8-7(5-17)4-16-6(2)9(8)18;/h4,10,17-18H,3,5,15H2,1-2H3;1H/t10-;/m0./s1. The van der Waals surface area contributed by atoms with Crippen LogP contribution in [-0.2, 0) is 16.1 Å². The molecule has 1 rings (SSSR count). The number of aliphatic hydroxyl groups is 1. The first-order valence-corrected chi connectivity index (χ1v) is 5.86. The van der Waals surface area contributed by atoms with E-state index >= 15 is 0 Å². The lowest BCUT2D eigenvalue weighted by atomic mass is 9.96. The summed E-state index contributed by atoms with van der Waals surface area (Å²) in [6, 6.07) is -2.15. The van der Waals surface area contributed by atoms with Crippen LogP contribution in [0.15, 0.2) is 6.20 Å². The van der Waals surface area contributed by atoms with Crippen LogP contribution in [0.5, 0.6) is 5.75 Å². The van der Waals surface area contributed by atoms with E-state index in [-0.39, 0.29) is 30.3 Å². The number of ether oxygens (including phenoxy) is 1. The second kappa shape index (κ2) is 7.48. The molecule has 120 valence electrons. The van der Waals surface area contributed by atoms with Crippen molar-refractivity contribution in [1.82, 2.24) is 4.98 Å². The first-order valence-electron chi connectivity index (χ1n) is 5.86. The average Bonchev–Trinajstić information content (AvgIpc) is 2.41. The molecule has 0 unspecified atom stereocenters. The predicted octanol–water partition coefficient (Wildman–Crippen LogP) is 1.21. The van der Waals surface area contributed by atoms with Gasteiger partial charge in [0, 0.05) is 17.3 Å². The minimum Gasteiger partial charge on any atom is -0.506 e. The topological polar surface area (TPSA) is 106 Å². The number of rotatable bonds is 5.